The number of aliphatic hydroxyl groups excluding tert-OH is 3. The molecule has 1 aromatic carbocycles. The summed E-state index contributed by atoms with van der Waals surface area (Å²) >= 11 is 0. The highest BCUT2D eigenvalue weighted by atomic mass is 31.2. The van der Waals surface area contributed by atoms with E-state index in [4.69, 9.17) is 19.6 Å². The lowest BCUT2D eigenvalue weighted by Gasteiger charge is -2.53. The standard InChI is InChI=1S/C26H44O4.H4O5P2/c1-18-13-20(23(2,3)4)22(21(14-18)24(5,6)7)26(30,19-11-9-8-10-12-19)25(15-27,16-28)17-29;1-6(2)5-7(3)4/h13-14,19,27-30H,8-12,15-17H2,1-7H3;1-4H. The number of aliphatic hydroxyl groups is 4. The van der Waals surface area contributed by atoms with Crippen molar-refractivity contribution in [3.8, 4) is 0 Å². The fraction of sp³-hybridized carbons (Fsp3) is 0.769. The fourth-order valence-electron chi connectivity index (χ4n) is 5.38. The van der Waals surface area contributed by atoms with Crippen molar-refractivity contribution < 1.29 is 44.3 Å². The van der Waals surface area contributed by atoms with E-state index in [1.165, 1.54) is 0 Å². The molecule has 0 aromatic heterocycles. The lowest BCUT2D eigenvalue weighted by Crippen LogP contribution is -2.59. The molecular weight excluding hydrogens is 518 g/mol. The number of rotatable bonds is 8. The minimum atomic E-state index is -2.61. The first-order valence-corrected chi connectivity index (χ1v) is 15.0. The normalized spacial score (nSPS) is 17.5. The zero-order valence-corrected chi connectivity index (χ0v) is 25.1. The van der Waals surface area contributed by atoms with Gasteiger partial charge in [-0.3, -0.25) is 0 Å². The van der Waals surface area contributed by atoms with Crippen molar-refractivity contribution in [2.45, 2.75) is 97.0 Å². The van der Waals surface area contributed by atoms with Crippen molar-refractivity contribution in [1.82, 2.24) is 0 Å². The lowest BCUT2D eigenvalue weighted by atomic mass is 9.56. The Morgan fingerprint density at radius 1 is 0.757 bits per heavy atom. The quantitative estimate of drug-likeness (QED) is 0.218. The molecule has 1 saturated carbocycles. The Kier molecular flexibility index (Phi) is 13.0. The molecular formula is C26H48O9P2. The van der Waals surface area contributed by atoms with Crippen molar-refractivity contribution in [1.29, 1.82) is 0 Å². The van der Waals surface area contributed by atoms with Gasteiger partial charge in [-0.25, -0.2) is 4.31 Å². The Morgan fingerprint density at radius 3 is 1.41 bits per heavy atom. The molecule has 2 rings (SSSR count). The zero-order chi connectivity index (χ0) is 28.8. The van der Waals surface area contributed by atoms with Gasteiger partial charge in [0.1, 0.15) is 5.60 Å². The Bertz CT molecular complexity index is 790. The summed E-state index contributed by atoms with van der Waals surface area (Å²) in [6, 6.07) is 4.27. The van der Waals surface area contributed by atoms with E-state index in [1.54, 1.807) is 0 Å². The van der Waals surface area contributed by atoms with E-state index in [0.29, 0.717) is 0 Å². The van der Waals surface area contributed by atoms with Gasteiger partial charge in [0, 0.05) is 0 Å². The Hall–Kier alpha value is -0.280. The summed E-state index contributed by atoms with van der Waals surface area (Å²) in [6.45, 7) is 13.5. The zero-order valence-electron chi connectivity index (χ0n) is 23.3. The highest BCUT2D eigenvalue weighted by molar-refractivity contribution is 7.53. The molecule has 1 fully saturated rings. The summed E-state index contributed by atoms with van der Waals surface area (Å²) in [4.78, 5) is 31.3. The van der Waals surface area contributed by atoms with E-state index < -0.39 is 48.0 Å². The maximum atomic E-state index is 12.7. The minimum absolute atomic E-state index is 0.136. The largest absolute Gasteiger partial charge is 0.395 e. The van der Waals surface area contributed by atoms with Crippen LogP contribution in [0.2, 0.25) is 0 Å². The second-order valence-corrected chi connectivity index (χ2v) is 13.8. The molecule has 0 bridgehead atoms. The highest BCUT2D eigenvalue weighted by Crippen LogP contribution is 2.54. The average molecular weight is 567 g/mol. The van der Waals surface area contributed by atoms with Gasteiger partial charge in [-0.2, -0.15) is 0 Å². The van der Waals surface area contributed by atoms with Crippen LogP contribution in [0.5, 0.6) is 0 Å². The van der Waals surface area contributed by atoms with Gasteiger partial charge in [0.2, 0.25) is 0 Å². The van der Waals surface area contributed by atoms with E-state index in [9.17, 15) is 20.4 Å². The van der Waals surface area contributed by atoms with Crippen molar-refractivity contribution in [2.75, 3.05) is 19.8 Å². The van der Waals surface area contributed by atoms with Crippen LogP contribution in [-0.2, 0) is 20.7 Å². The van der Waals surface area contributed by atoms with Crippen LogP contribution in [0, 0.1) is 18.3 Å². The Labute approximate surface area is 224 Å². The molecule has 11 heteroatoms. The lowest BCUT2D eigenvalue weighted by molar-refractivity contribution is -0.196. The first kappa shape index (κ1) is 34.7. The SMILES string of the molecule is Cc1cc(C(C)(C)C)c(C(O)(C2CCCCC2)C(CO)(CO)CO)c(C(C)(C)C)c1.OP(O)OP(O)O. The highest BCUT2D eigenvalue weighted by Gasteiger charge is 2.57. The van der Waals surface area contributed by atoms with Crippen LogP contribution in [0.25, 0.3) is 0 Å². The molecule has 1 unspecified atom stereocenters. The van der Waals surface area contributed by atoms with E-state index in [1.807, 2.05) is 0 Å². The minimum Gasteiger partial charge on any atom is -0.395 e. The fourth-order valence-corrected chi connectivity index (χ4v) is 5.90. The van der Waals surface area contributed by atoms with Crippen LogP contribution < -0.4 is 0 Å². The van der Waals surface area contributed by atoms with Gasteiger partial charge in [-0.05, 0) is 53.2 Å². The third kappa shape index (κ3) is 8.36. The molecule has 37 heavy (non-hydrogen) atoms. The number of benzene rings is 1. The van der Waals surface area contributed by atoms with Gasteiger partial charge >= 0.3 is 17.2 Å². The predicted octanol–water partition coefficient (Wildman–Crippen LogP) is 3.75. The summed E-state index contributed by atoms with van der Waals surface area (Å²) in [5.74, 6) is -0.136. The van der Waals surface area contributed by atoms with Crippen LogP contribution in [0.3, 0.4) is 0 Å². The molecule has 1 aliphatic rings. The van der Waals surface area contributed by atoms with Gasteiger partial charge in [0.15, 0.2) is 0 Å². The van der Waals surface area contributed by atoms with E-state index in [-0.39, 0.29) is 16.7 Å². The maximum Gasteiger partial charge on any atom is 0.334 e. The summed E-state index contributed by atoms with van der Waals surface area (Å²) in [5, 5.41) is 44.1. The van der Waals surface area contributed by atoms with Crippen LogP contribution in [0.4, 0.5) is 0 Å². The van der Waals surface area contributed by atoms with Crippen LogP contribution in [-0.4, -0.2) is 59.8 Å². The summed E-state index contributed by atoms with van der Waals surface area (Å²) in [7, 11) is -5.22. The molecule has 0 heterocycles. The van der Waals surface area contributed by atoms with Crippen molar-refractivity contribution in [3.63, 3.8) is 0 Å². The molecule has 0 spiro atoms. The van der Waals surface area contributed by atoms with Crippen molar-refractivity contribution in [3.05, 3.63) is 34.4 Å². The predicted molar refractivity (Wildman–Crippen MR) is 147 cm³/mol. The Balaban J connectivity index is 0.000000856. The molecule has 0 aliphatic heterocycles. The second kappa shape index (κ2) is 13.9. The monoisotopic (exact) mass is 566 g/mol. The maximum absolute atomic E-state index is 12.7. The summed E-state index contributed by atoms with van der Waals surface area (Å²) in [5.41, 5.74) is 0.515. The first-order valence-electron chi connectivity index (χ1n) is 12.7. The van der Waals surface area contributed by atoms with Gasteiger partial charge in [0.25, 0.3) is 0 Å². The summed E-state index contributed by atoms with van der Waals surface area (Å²) in [6.07, 6.45) is 4.78. The van der Waals surface area contributed by atoms with E-state index in [0.717, 1.165) is 54.4 Å². The van der Waals surface area contributed by atoms with Gasteiger partial charge < -0.3 is 40.0 Å². The molecule has 0 radical (unpaired) electrons. The molecule has 0 saturated heterocycles. The van der Waals surface area contributed by atoms with E-state index in [2.05, 4.69) is 64.9 Å². The van der Waals surface area contributed by atoms with Crippen molar-refractivity contribution in [2.24, 2.45) is 11.3 Å². The molecule has 8 N–H and O–H groups in total. The van der Waals surface area contributed by atoms with Gasteiger partial charge in [-0.15, -0.1) is 0 Å². The smallest absolute Gasteiger partial charge is 0.334 e. The third-order valence-corrected chi connectivity index (χ3v) is 8.51. The van der Waals surface area contributed by atoms with Gasteiger partial charge in [0.05, 0.1) is 25.2 Å². The molecule has 216 valence electrons. The number of hydrogen-bond donors (Lipinski definition) is 8. The molecule has 9 nitrogen and oxygen atoms in total. The van der Waals surface area contributed by atoms with Crippen LogP contribution in [0.15, 0.2) is 12.1 Å². The summed E-state index contributed by atoms with van der Waals surface area (Å²) < 4.78 is 3.60. The first-order chi connectivity index (χ1) is 16.9. The number of aryl methyl sites for hydroxylation is 1. The van der Waals surface area contributed by atoms with Gasteiger partial charge in [-0.1, -0.05) is 78.5 Å². The van der Waals surface area contributed by atoms with Crippen LogP contribution >= 0.6 is 17.2 Å². The molecule has 1 aromatic rings. The average Bonchev–Trinajstić information content (AvgIpc) is 2.78. The number of hydrogen-bond acceptors (Lipinski definition) is 9. The van der Waals surface area contributed by atoms with Crippen molar-refractivity contribution >= 4 is 17.2 Å². The Morgan fingerprint density at radius 2 is 1.14 bits per heavy atom. The second-order valence-electron chi connectivity index (χ2n) is 12.2. The molecule has 0 amide bonds. The van der Waals surface area contributed by atoms with E-state index >= 15 is 0 Å². The van der Waals surface area contributed by atoms with Crippen LogP contribution in [0.1, 0.15) is 95.9 Å². The third-order valence-electron chi connectivity index (χ3n) is 7.34. The topological polar surface area (TPSA) is 171 Å². The molecule has 1 aliphatic carbocycles. The molecule has 1 atom stereocenters.